The van der Waals surface area contributed by atoms with Gasteiger partial charge in [0.15, 0.2) is 5.82 Å². The van der Waals surface area contributed by atoms with Crippen molar-refractivity contribution in [3.8, 4) is 22.6 Å². The van der Waals surface area contributed by atoms with Crippen molar-refractivity contribution in [2.45, 2.75) is 43.8 Å². The first-order valence-electron chi connectivity index (χ1n) is 14.3. The Hall–Kier alpha value is -3.26. The molecule has 3 saturated heterocycles. The van der Waals surface area contributed by atoms with Crippen LogP contribution in [0.1, 0.15) is 25.7 Å². The van der Waals surface area contributed by atoms with Crippen molar-refractivity contribution in [1.29, 1.82) is 0 Å². The van der Waals surface area contributed by atoms with Gasteiger partial charge in [0, 0.05) is 68.2 Å². The fourth-order valence-corrected chi connectivity index (χ4v) is 7.79. The number of fused-ring (bicyclic) bond motifs is 3. The maximum atomic E-state index is 12.0. The molecule has 1 aromatic carbocycles. The summed E-state index contributed by atoms with van der Waals surface area (Å²) in [6.45, 7) is 4.22. The van der Waals surface area contributed by atoms with Gasteiger partial charge < -0.3 is 10.6 Å². The average molecular weight is 611 g/mol. The molecular weight excluding hydrogens is 576 g/mol. The zero-order valence-electron chi connectivity index (χ0n) is 24.0. The van der Waals surface area contributed by atoms with Crippen LogP contribution in [0.25, 0.3) is 33.5 Å². The van der Waals surface area contributed by atoms with E-state index in [0.717, 1.165) is 58.6 Å². The van der Waals surface area contributed by atoms with Crippen molar-refractivity contribution in [2.24, 2.45) is 7.05 Å². The van der Waals surface area contributed by atoms with Crippen LogP contribution in [-0.4, -0.2) is 105 Å². The summed E-state index contributed by atoms with van der Waals surface area (Å²) < 4.78 is 26.8. The van der Waals surface area contributed by atoms with Gasteiger partial charge in [-0.15, -0.1) is 0 Å². The van der Waals surface area contributed by atoms with Crippen LogP contribution in [0, 0.1) is 0 Å². The topological polar surface area (TPSA) is 131 Å². The van der Waals surface area contributed by atoms with Crippen LogP contribution in [0.5, 0.6) is 0 Å². The first kappa shape index (κ1) is 27.6. The van der Waals surface area contributed by atoms with E-state index in [1.54, 1.807) is 0 Å². The van der Waals surface area contributed by atoms with E-state index in [9.17, 15) is 8.42 Å². The molecule has 12 nitrogen and oxygen atoms in total. The number of nitrogen functional groups attached to an aromatic ring is 1. The largest absolute Gasteiger partial charge is 0.399 e. The number of piperazine rings is 1. The number of nitrogens with two attached hydrogens (primary N) is 1. The van der Waals surface area contributed by atoms with Gasteiger partial charge in [-0.3, -0.25) is 14.5 Å². The molecular formula is C28H35ClN10O2S. The Morgan fingerprint density at radius 2 is 1.71 bits per heavy atom. The molecule has 7 rings (SSSR count). The summed E-state index contributed by atoms with van der Waals surface area (Å²) in [7, 11) is 0.703. The van der Waals surface area contributed by atoms with Crippen molar-refractivity contribution in [3.63, 3.8) is 0 Å². The molecule has 3 aromatic heterocycles. The van der Waals surface area contributed by atoms with Gasteiger partial charge in [0.25, 0.3) is 10.0 Å². The fourth-order valence-electron chi connectivity index (χ4n) is 7.07. The molecule has 0 amide bonds. The van der Waals surface area contributed by atoms with Crippen molar-refractivity contribution in [3.05, 3.63) is 35.7 Å². The molecule has 3 aliphatic rings. The molecule has 2 atom stereocenters. The van der Waals surface area contributed by atoms with Gasteiger partial charge in [0.05, 0.1) is 46.5 Å². The van der Waals surface area contributed by atoms with Crippen molar-refractivity contribution < 1.29 is 8.42 Å². The average Bonchev–Trinajstić information content (AvgIpc) is 3.61. The van der Waals surface area contributed by atoms with E-state index in [1.165, 1.54) is 44.5 Å². The van der Waals surface area contributed by atoms with Crippen LogP contribution in [0.4, 0.5) is 11.5 Å². The summed E-state index contributed by atoms with van der Waals surface area (Å²) in [5.74, 6) is 1.44. The van der Waals surface area contributed by atoms with Crippen LogP contribution in [0.15, 0.2) is 30.7 Å². The first-order chi connectivity index (χ1) is 20.1. The highest BCUT2D eigenvalue weighted by Crippen LogP contribution is 2.39. The number of hydrogen-bond acceptors (Lipinski definition) is 10. The number of piperidine rings is 1. The molecule has 0 aliphatic carbocycles. The number of aromatic nitrogens is 6. The summed E-state index contributed by atoms with van der Waals surface area (Å²) in [5, 5.41) is 10.0. The van der Waals surface area contributed by atoms with Gasteiger partial charge in [-0.2, -0.15) is 14.3 Å². The van der Waals surface area contributed by atoms with E-state index in [4.69, 9.17) is 27.4 Å². The van der Waals surface area contributed by atoms with Gasteiger partial charge in [0.1, 0.15) is 5.82 Å². The van der Waals surface area contributed by atoms with Gasteiger partial charge in [0.2, 0.25) is 0 Å². The molecule has 6 heterocycles. The predicted octanol–water partition coefficient (Wildman–Crippen LogP) is 2.68. The third-order valence-corrected chi connectivity index (χ3v) is 10.4. The minimum Gasteiger partial charge on any atom is -0.399 e. The summed E-state index contributed by atoms with van der Waals surface area (Å²) in [6.07, 6.45) is 10.3. The lowest BCUT2D eigenvalue weighted by atomic mass is 10.00. The number of likely N-dealkylation sites (N-methyl/N-ethyl adjacent to an activating group) is 1. The molecule has 3 fully saturated rings. The molecule has 4 aromatic rings. The summed E-state index contributed by atoms with van der Waals surface area (Å²) in [6, 6.07) is 5.74. The van der Waals surface area contributed by atoms with Crippen LogP contribution in [-0.2, 0) is 17.1 Å². The third kappa shape index (κ3) is 4.72. The molecule has 42 heavy (non-hydrogen) atoms. The van der Waals surface area contributed by atoms with Crippen LogP contribution >= 0.6 is 11.6 Å². The highest BCUT2D eigenvalue weighted by Gasteiger charge is 2.40. The Morgan fingerprint density at radius 3 is 2.38 bits per heavy atom. The number of halogens is 1. The van der Waals surface area contributed by atoms with Crippen LogP contribution in [0.2, 0.25) is 5.02 Å². The molecule has 3 aliphatic heterocycles. The minimum absolute atomic E-state index is 0.290. The minimum atomic E-state index is -3.55. The fraction of sp³-hybridized carbons (Fsp3) is 0.500. The molecule has 2 N–H and O–H groups in total. The lowest BCUT2D eigenvalue weighted by Gasteiger charge is -2.45. The van der Waals surface area contributed by atoms with Crippen molar-refractivity contribution >= 4 is 44.0 Å². The molecule has 0 radical (unpaired) electrons. The monoisotopic (exact) mass is 610 g/mol. The normalized spacial score (nSPS) is 22.4. The number of hydrogen-bond donors (Lipinski definition) is 1. The van der Waals surface area contributed by atoms with E-state index in [0.29, 0.717) is 40.9 Å². The Kier molecular flexibility index (Phi) is 6.68. The second kappa shape index (κ2) is 10.2. The van der Waals surface area contributed by atoms with Crippen molar-refractivity contribution in [1.82, 2.24) is 38.7 Å². The summed E-state index contributed by atoms with van der Waals surface area (Å²) >= 11 is 6.49. The smallest absolute Gasteiger partial charge is 0.250 e. The van der Waals surface area contributed by atoms with Gasteiger partial charge >= 0.3 is 0 Å². The Labute approximate surface area is 250 Å². The first-order valence-corrected chi connectivity index (χ1v) is 16.5. The Bertz CT molecular complexity index is 1760. The molecule has 0 spiro atoms. The van der Waals surface area contributed by atoms with Crippen LogP contribution in [0.3, 0.4) is 0 Å². The number of rotatable bonds is 5. The zero-order chi connectivity index (χ0) is 29.3. The van der Waals surface area contributed by atoms with Crippen LogP contribution < -0.4 is 10.6 Å². The Balaban J connectivity index is 1.22. The second-order valence-electron chi connectivity index (χ2n) is 11.9. The highest BCUT2D eigenvalue weighted by atomic mass is 35.5. The quantitative estimate of drug-likeness (QED) is 0.336. The summed E-state index contributed by atoms with van der Waals surface area (Å²) in [4.78, 5) is 17.1. The second-order valence-corrected chi connectivity index (χ2v) is 14.1. The van der Waals surface area contributed by atoms with E-state index in [1.807, 2.05) is 23.9 Å². The van der Waals surface area contributed by atoms with Gasteiger partial charge in [-0.05, 0) is 44.9 Å². The van der Waals surface area contributed by atoms with Gasteiger partial charge in [-0.25, -0.2) is 18.4 Å². The molecule has 222 valence electrons. The SMILES string of the molecule is CN1C2CCC1CN(C1CCN(c3c4c(-c5ncc(Cl)c(-c6cnn(S(C)(=O)=O)c6)n5)cc(N)cc4nn3C)CC1)C2. The van der Waals surface area contributed by atoms with Crippen molar-refractivity contribution in [2.75, 3.05) is 50.1 Å². The lowest BCUT2D eigenvalue weighted by molar-refractivity contribution is 0.0495. The number of nitrogens with zero attached hydrogens (tertiary/aromatic N) is 9. The van der Waals surface area contributed by atoms with E-state index >= 15 is 0 Å². The number of aryl methyl sites for hydroxylation is 1. The highest BCUT2D eigenvalue weighted by molar-refractivity contribution is 7.89. The maximum absolute atomic E-state index is 12.0. The van der Waals surface area contributed by atoms with E-state index < -0.39 is 10.0 Å². The molecule has 14 heteroatoms. The molecule has 2 unspecified atom stereocenters. The third-order valence-electron chi connectivity index (χ3n) is 9.24. The maximum Gasteiger partial charge on any atom is 0.250 e. The van der Waals surface area contributed by atoms with Gasteiger partial charge in [-0.1, -0.05) is 11.6 Å². The van der Waals surface area contributed by atoms with E-state index in [2.05, 4.69) is 31.8 Å². The Morgan fingerprint density at radius 1 is 1.00 bits per heavy atom. The number of likely N-dealkylation sites (tertiary alicyclic amines) is 1. The number of benzene rings is 1. The zero-order valence-corrected chi connectivity index (χ0v) is 25.6. The summed E-state index contributed by atoms with van der Waals surface area (Å²) in [5.41, 5.74) is 9.26. The van der Waals surface area contributed by atoms with E-state index in [-0.39, 0.29) is 5.02 Å². The molecule has 0 saturated carbocycles. The predicted molar refractivity (Wildman–Crippen MR) is 164 cm³/mol. The standard InChI is InChI=1S/C28H35ClN10O2S/c1-35-20-4-5-21(35)16-38(15-20)19-6-8-37(9-7-19)28-25-22(10-18(30)11-24(25)34-36(28)2)27-31-13-23(29)26(33-27)17-12-32-39(14-17)42(3,40)41/h10-14,19-21H,4-9,15-16,30H2,1-3H3. The number of anilines is 2. The molecule has 2 bridgehead atoms. The lowest BCUT2D eigenvalue weighted by Crippen LogP contribution is -2.57.